The number of hydrogen-bond acceptors (Lipinski definition) is 1. The minimum Gasteiger partial charge on any atom is -0.410 e. The van der Waals surface area contributed by atoms with Crippen molar-refractivity contribution >= 4 is 6.21 Å². The van der Waals surface area contributed by atoms with Crippen molar-refractivity contribution in [3.8, 4) is 0 Å². The third-order valence-electron chi connectivity index (χ3n) is 0.480. The van der Waals surface area contributed by atoms with Gasteiger partial charge < -0.3 is 4.99 Å². The van der Waals surface area contributed by atoms with Crippen molar-refractivity contribution in [1.82, 2.24) is 0 Å². The maximum absolute atomic E-state index is 3.72. The fourth-order valence-electron chi connectivity index (χ4n) is 0.264. The summed E-state index contributed by atoms with van der Waals surface area (Å²) in [6, 6.07) is 0. The van der Waals surface area contributed by atoms with Crippen molar-refractivity contribution in [2.45, 2.75) is 0 Å². The molecule has 2 heteroatoms. The molecule has 1 aliphatic rings. The van der Waals surface area contributed by atoms with Crippen molar-refractivity contribution in [1.29, 1.82) is 0 Å². The van der Waals surface area contributed by atoms with E-state index in [1.165, 1.54) is 0 Å². The summed E-state index contributed by atoms with van der Waals surface area (Å²) in [5, 5.41) is 0. The Balaban J connectivity index is 0.000000250. The first-order valence-corrected chi connectivity index (χ1v) is 1.57. The van der Waals surface area contributed by atoms with Gasteiger partial charge in [0.15, 0.2) is 0 Å². The smallest absolute Gasteiger partial charge is 0 e. The van der Waals surface area contributed by atoms with E-state index < -0.39 is 0 Å². The van der Waals surface area contributed by atoms with E-state index in [1.807, 2.05) is 12.2 Å². The van der Waals surface area contributed by atoms with Gasteiger partial charge in [0, 0.05) is 32.7 Å². The first kappa shape index (κ1) is 6.51. The molecule has 0 aromatic carbocycles. The molecule has 1 rings (SSSR count). The van der Waals surface area contributed by atoms with E-state index in [-0.39, 0.29) is 32.7 Å². The van der Waals surface area contributed by atoms with Crippen LogP contribution in [0.5, 0.6) is 0 Å². The predicted molar refractivity (Wildman–Crippen MR) is 21.4 cm³/mol. The molecule has 0 atom stereocenters. The number of hydrogen-bond donors (Lipinski definition) is 0. The Morgan fingerprint density at radius 2 is 2.50 bits per heavy atom. The summed E-state index contributed by atoms with van der Waals surface area (Å²) in [4.78, 5) is 3.72. The first-order chi connectivity index (χ1) is 2.50. The van der Waals surface area contributed by atoms with E-state index in [2.05, 4.69) is 11.2 Å². The molecule has 0 spiro atoms. The minimum atomic E-state index is 0. The molecule has 29 valence electrons. The fraction of sp³-hybridized carbons (Fsp3) is 0.250. The molecule has 6 heavy (non-hydrogen) atoms. The van der Waals surface area contributed by atoms with E-state index in [0.29, 0.717) is 0 Å². The summed E-state index contributed by atoms with van der Waals surface area (Å²) in [6.07, 6.45) is 6.44. The summed E-state index contributed by atoms with van der Waals surface area (Å²) in [7, 11) is 0. The average Bonchev–Trinajstić information content (AvgIpc) is 1.76. The molecule has 1 radical (unpaired) electrons. The van der Waals surface area contributed by atoms with Crippen molar-refractivity contribution in [2.24, 2.45) is 4.99 Å². The number of allylic oxidation sites excluding steroid dienone is 1. The third kappa shape index (κ3) is 1.83. The first-order valence-electron chi connectivity index (χ1n) is 1.57. The van der Waals surface area contributed by atoms with Crippen LogP contribution in [0.4, 0.5) is 0 Å². The van der Waals surface area contributed by atoms with Crippen LogP contribution in [0.25, 0.3) is 0 Å². The minimum absolute atomic E-state index is 0. The van der Waals surface area contributed by atoms with Gasteiger partial charge in [0.2, 0.25) is 0 Å². The standard InChI is InChI=1S/C4H4N.Y/c1-2-4-5-3-1;/h1-2H,3H2;/q-1;. The maximum atomic E-state index is 3.72. The monoisotopic (exact) mass is 155 g/mol. The van der Waals surface area contributed by atoms with Crippen molar-refractivity contribution in [2.75, 3.05) is 6.54 Å². The van der Waals surface area contributed by atoms with Gasteiger partial charge in [-0.05, 0) is 6.54 Å². The third-order valence-corrected chi connectivity index (χ3v) is 0.480. The molecule has 0 N–H and O–H groups in total. The molecule has 0 aromatic rings. The Hall–Kier alpha value is 0.514. The van der Waals surface area contributed by atoms with Gasteiger partial charge in [-0.25, -0.2) is 12.2 Å². The Morgan fingerprint density at radius 1 is 1.67 bits per heavy atom. The van der Waals surface area contributed by atoms with Crippen LogP contribution in [0.3, 0.4) is 0 Å². The van der Waals surface area contributed by atoms with Gasteiger partial charge in [-0.3, -0.25) is 0 Å². The van der Waals surface area contributed by atoms with E-state index in [4.69, 9.17) is 0 Å². The van der Waals surface area contributed by atoms with Gasteiger partial charge in [0.25, 0.3) is 0 Å². The zero-order valence-electron chi connectivity index (χ0n) is 3.39. The Bertz CT molecular complexity index is 65.6. The van der Waals surface area contributed by atoms with Crippen molar-refractivity contribution in [3.63, 3.8) is 0 Å². The molecule has 0 unspecified atom stereocenters. The van der Waals surface area contributed by atoms with Gasteiger partial charge in [-0.15, -0.1) is 0 Å². The Morgan fingerprint density at radius 3 is 2.67 bits per heavy atom. The molecule has 0 saturated heterocycles. The number of nitrogens with zero attached hydrogens (tertiary/aromatic N) is 1. The second-order valence-electron chi connectivity index (χ2n) is 0.872. The molecule has 0 saturated carbocycles. The predicted octanol–water partition coefficient (Wildman–Crippen LogP) is 0.502. The SMILES string of the molecule is [C-]1=NCC=C1.[Y]. The zero-order chi connectivity index (χ0) is 3.54. The summed E-state index contributed by atoms with van der Waals surface area (Å²) in [5.74, 6) is 0. The Kier molecular flexibility index (Phi) is 4.01. The second-order valence-corrected chi connectivity index (χ2v) is 0.872. The van der Waals surface area contributed by atoms with Gasteiger partial charge in [-0.1, -0.05) is 0 Å². The van der Waals surface area contributed by atoms with Crippen molar-refractivity contribution in [3.05, 3.63) is 12.2 Å². The van der Waals surface area contributed by atoms with Gasteiger partial charge in [0.1, 0.15) is 0 Å². The Labute approximate surface area is 62.4 Å². The largest absolute Gasteiger partial charge is 0.410 e. The zero-order valence-corrected chi connectivity index (χ0v) is 6.22. The van der Waals surface area contributed by atoms with E-state index in [1.54, 1.807) is 0 Å². The molecule has 1 heterocycles. The molecule has 0 aliphatic carbocycles. The molecule has 0 aromatic heterocycles. The van der Waals surface area contributed by atoms with Gasteiger partial charge in [0.05, 0.1) is 0 Å². The molecule has 0 fully saturated rings. The summed E-state index contributed by atoms with van der Waals surface area (Å²) < 4.78 is 0. The molecule has 0 amide bonds. The number of aliphatic imine (C=N–C) groups is 1. The van der Waals surface area contributed by atoms with Crippen LogP contribution in [0.15, 0.2) is 17.1 Å². The van der Waals surface area contributed by atoms with Crippen LogP contribution in [0, 0.1) is 0 Å². The summed E-state index contributed by atoms with van der Waals surface area (Å²) in [5.41, 5.74) is 0. The van der Waals surface area contributed by atoms with Crippen LogP contribution < -0.4 is 0 Å². The molecule has 0 bridgehead atoms. The van der Waals surface area contributed by atoms with Crippen LogP contribution in [-0.4, -0.2) is 12.8 Å². The summed E-state index contributed by atoms with van der Waals surface area (Å²) in [6.45, 7) is 0.833. The van der Waals surface area contributed by atoms with Crippen LogP contribution >= 0.6 is 0 Å². The number of rotatable bonds is 0. The van der Waals surface area contributed by atoms with Crippen molar-refractivity contribution < 1.29 is 32.7 Å². The molecule has 1 nitrogen and oxygen atoms in total. The second kappa shape index (κ2) is 3.70. The quantitative estimate of drug-likeness (QED) is 0.451. The molecule has 1 aliphatic heterocycles. The van der Waals surface area contributed by atoms with Crippen LogP contribution in [-0.2, 0) is 32.7 Å². The normalized spacial score (nSPS) is 14.7. The summed E-state index contributed by atoms with van der Waals surface area (Å²) >= 11 is 0. The van der Waals surface area contributed by atoms with E-state index >= 15 is 0 Å². The van der Waals surface area contributed by atoms with E-state index in [0.717, 1.165) is 6.54 Å². The van der Waals surface area contributed by atoms with Gasteiger partial charge in [-0.2, -0.15) is 6.21 Å². The average molecular weight is 155 g/mol. The van der Waals surface area contributed by atoms with Crippen LogP contribution in [0.1, 0.15) is 0 Å². The maximum Gasteiger partial charge on any atom is 0 e. The topological polar surface area (TPSA) is 12.4 Å². The fourth-order valence-corrected chi connectivity index (χ4v) is 0.264. The van der Waals surface area contributed by atoms with E-state index in [9.17, 15) is 0 Å². The van der Waals surface area contributed by atoms with Gasteiger partial charge >= 0.3 is 0 Å². The molecular formula is C4H4NY-. The molecular weight excluding hydrogens is 151 g/mol. The van der Waals surface area contributed by atoms with Crippen LogP contribution in [0.2, 0.25) is 0 Å².